The average molecular weight is 1050 g/mol. The zero-order valence-electron chi connectivity index (χ0n) is 39.7. The summed E-state index contributed by atoms with van der Waals surface area (Å²) in [5.41, 5.74) is 5.18. The minimum absolute atomic E-state index is 0. The summed E-state index contributed by atoms with van der Waals surface area (Å²) in [6.07, 6.45) is 4.05. The van der Waals surface area contributed by atoms with Gasteiger partial charge in [-0.05, 0) is 101 Å². The Morgan fingerprint density at radius 2 is 1.41 bits per heavy atom. The molecule has 1 heterocycles. The number of nitrogens with zero attached hydrogens (tertiary/aromatic N) is 2. The van der Waals surface area contributed by atoms with Crippen molar-refractivity contribution >= 4 is 111 Å². The molecule has 0 saturated heterocycles. The lowest BCUT2D eigenvalue weighted by atomic mass is 10.1. The van der Waals surface area contributed by atoms with Crippen LogP contribution in [-0.2, 0) is 49.3 Å². The number of benzene rings is 2. The topological polar surface area (TPSA) is 283 Å². The number of pyridine rings is 1. The predicted molar refractivity (Wildman–Crippen MR) is 273 cm³/mol. The van der Waals surface area contributed by atoms with Gasteiger partial charge in [0.05, 0.1) is 20.3 Å². The molecule has 1 aromatic heterocycles. The van der Waals surface area contributed by atoms with Crippen molar-refractivity contribution in [2.24, 2.45) is 5.73 Å². The van der Waals surface area contributed by atoms with Gasteiger partial charge in [-0.25, -0.2) is 23.8 Å². The van der Waals surface area contributed by atoms with E-state index in [1.807, 2.05) is 24.3 Å². The van der Waals surface area contributed by atoms with E-state index >= 15 is 0 Å². The molecule has 24 heteroatoms. The number of fused-ring (bicyclic) bond motifs is 1. The van der Waals surface area contributed by atoms with Gasteiger partial charge in [0, 0.05) is 49.5 Å². The maximum absolute atomic E-state index is 13.3. The maximum Gasteiger partial charge on any atom is 0.412 e. The van der Waals surface area contributed by atoms with Crippen molar-refractivity contribution < 1.29 is 72.2 Å². The van der Waals surface area contributed by atoms with Crippen LogP contribution < -0.4 is 16.4 Å². The molecular weight excluding hydrogens is 985 g/mol. The van der Waals surface area contributed by atoms with Gasteiger partial charge in [-0.2, -0.15) is 40.5 Å². The molecule has 390 valence electrons. The number of rotatable bonds is 22. The maximum atomic E-state index is 13.3. The van der Waals surface area contributed by atoms with Crippen molar-refractivity contribution in [1.82, 2.24) is 15.2 Å². The highest BCUT2D eigenvalue weighted by atomic mass is 35.5. The Bertz CT molecular complexity index is 2050. The Morgan fingerprint density at radius 1 is 0.812 bits per heavy atom. The summed E-state index contributed by atoms with van der Waals surface area (Å²) >= 11 is 6.06. The van der Waals surface area contributed by atoms with Gasteiger partial charge in [0.1, 0.15) is 35.9 Å². The summed E-state index contributed by atoms with van der Waals surface area (Å²) in [5, 5.41) is 33.5. The van der Waals surface area contributed by atoms with Crippen LogP contribution >= 0.6 is 52.1 Å². The number of aromatic nitrogens is 1. The fourth-order valence-corrected chi connectivity index (χ4v) is 5.90. The Morgan fingerprint density at radius 3 is 1.94 bits per heavy atom. The molecule has 0 unspecified atom stereocenters. The number of carbonyl (C=O) groups is 7. The third-order valence-electron chi connectivity index (χ3n) is 9.31. The van der Waals surface area contributed by atoms with Crippen LogP contribution in [0.4, 0.5) is 19.8 Å². The molecular formula is C45H69ClFN5O14S3. The van der Waals surface area contributed by atoms with Crippen LogP contribution in [0.3, 0.4) is 0 Å². The third kappa shape index (κ3) is 30.2. The number of hydrogen-bond acceptors (Lipinski definition) is 14. The van der Waals surface area contributed by atoms with Gasteiger partial charge in [-0.3, -0.25) is 24.5 Å². The number of halogens is 2. The van der Waals surface area contributed by atoms with Gasteiger partial charge in [-0.1, -0.05) is 41.9 Å². The highest BCUT2D eigenvalue weighted by molar-refractivity contribution is 7.59. The van der Waals surface area contributed by atoms with Crippen molar-refractivity contribution in [1.29, 1.82) is 0 Å². The molecule has 0 fully saturated rings. The number of carbonyl (C=O) groups excluding carboxylic acids is 5. The molecule has 3 rings (SSSR count). The van der Waals surface area contributed by atoms with E-state index in [0.29, 0.717) is 56.3 Å². The van der Waals surface area contributed by atoms with Gasteiger partial charge in [0.15, 0.2) is 0 Å². The molecule has 2 aromatic carbocycles. The average Bonchev–Trinajstić information content (AvgIpc) is 3.26. The smallest absolute Gasteiger partial charge is 0.412 e. The standard InChI is InChI=1S/C26H29ClFN3O4.C12H21NO6.C7H13NO4.3H2S/c1-31(25(33)12-10-18-9-11-21(28)15-23(18)27)22(8-4-5-13-32)17-35-26(34)30-24-14-19-6-2-3-7-20(19)16-29-24;1-12(2,3)19-11(17)13-8(10(15)16)6-5-7-9(14)18-4;1-12-6(9)4-2-3-5(8)7(10)11;;;/h2-3,6-7,9,11,14-16,22,32H,4-5,8,10,12-13,17H2,1H3,(H,29,30,34);8H,5-7H2,1-4H3,(H,13,17)(H,15,16);5H,2-4,8H2,1H3,(H,10,11);3*1H2/t22-;8-;5-;;;/m000.../s1. The predicted octanol–water partition coefficient (Wildman–Crippen LogP) is 6.59. The number of nitrogens with one attached hydrogen (secondary N) is 2. The third-order valence-corrected chi connectivity index (χ3v) is 9.66. The van der Waals surface area contributed by atoms with E-state index < -0.39 is 53.6 Å². The van der Waals surface area contributed by atoms with Crippen LogP contribution in [-0.4, -0.2) is 125 Å². The van der Waals surface area contributed by atoms with Crippen molar-refractivity contribution in [3.05, 3.63) is 71.1 Å². The number of esters is 2. The minimum Gasteiger partial charge on any atom is -0.480 e. The number of aliphatic carboxylic acids is 2. The van der Waals surface area contributed by atoms with Crippen LogP contribution in [0.5, 0.6) is 0 Å². The highest BCUT2D eigenvalue weighted by Crippen LogP contribution is 2.20. The van der Waals surface area contributed by atoms with Crippen LogP contribution in [0.1, 0.15) is 90.5 Å². The van der Waals surface area contributed by atoms with E-state index in [9.17, 15) is 38.0 Å². The van der Waals surface area contributed by atoms with Crippen molar-refractivity contribution in [3.8, 4) is 0 Å². The van der Waals surface area contributed by atoms with E-state index in [2.05, 4.69) is 25.1 Å². The number of ether oxygens (including phenoxy) is 4. The monoisotopic (exact) mass is 1050 g/mol. The molecule has 0 spiro atoms. The summed E-state index contributed by atoms with van der Waals surface area (Å²) in [7, 11) is 4.21. The lowest BCUT2D eigenvalue weighted by molar-refractivity contribution is -0.142. The molecule has 69 heavy (non-hydrogen) atoms. The summed E-state index contributed by atoms with van der Waals surface area (Å²) in [4.78, 5) is 85.0. The lowest BCUT2D eigenvalue weighted by Crippen LogP contribution is -2.43. The Hall–Kier alpha value is -5.07. The van der Waals surface area contributed by atoms with Gasteiger partial charge in [0.2, 0.25) is 5.91 Å². The molecule has 3 atom stereocenters. The van der Waals surface area contributed by atoms with Gasteiger partial charge in [-0.15, -0.1) is 0 Å². The zero-order valence-corrected chi connectivity index (χ0v) is 43.4. The number of amides is 3. The molecule has 0 saturated carbocycles. The highest BCUT2D eigenvalue weighted by Gasteiger charge is 2.25. The molecule has 3 aromatic rings. The summed E-state index contributed by atoms with van der Waals surface area (Å²) in [5.74, 6) is -3.18. The summed E-state index contributed by atoms with van der Waals surface area (Å²) in [6.45, 7) is 5.08. The minimum atomic E-state index is -1.17. The molecule has 19 nitrogen and oxygen atoms in total. The normalized spacial score (nSPS) is 11.5. The number of aliphatic hydroxyl groups is 1. The SMILES string of the molecule is CN(C(=O)CCc1ccc(F)cc1Cl)[C@@H](CCCCO)COC(=O)Nc1cc2ccccc2cn1.COC(=O)CCC[C@H](N)C(=O)O.COC(=O)CCC[C@H](NC(=O)OC(C)(C)C)C(=O)O.S.S.S. The fourth-order valence-electron chi connectivity index (χ4n) is 5.64. The number of unbranched alkanes of at least 4 members (excludes halogenated alkanes) is 1. The first-order valence-electron chi connectivity index (χ1n) is 21.0. The largest absolute Gasteiger partial charge is 0.480 e. The second-order valence-electron chi connectivity index (χ2n) is 15.7. The molecule has 0 aliphatic rings. The van der Waals surface area contributed by atoms with Crippen molar-refractivity contribution in [2.45, 2.75) is 115 Å². The van der Waals surface area contributed by atoms with Gasteiger partial charge < -0.3 is 50.2 Å². The number of aryl methyl sites for hydroxylation is 1. The van der Waals surface area contributed by atoms with E-state index in [1.54, 1.807) is 51.0 Å². The second-order valence-corrected chi connectivity index (χ2v) is 16.1. The Balaban J connectivity index is -0.00000108. The summed E-state index contributed by atoms with van der Waals surface area (Å²) < 4.78 is 32.4. The number of methoxy groups -OCH3 is 2. The molecule has 0 aliphatic heterocycles. The van der Waals surface area contributed by atoms with E-state index in [1.165, 1.54) is 26.4 Å². The number of hydrogen-bond donors (Lipinski definition) is 6. The molecule has 0 bridgehead atoms. The van der Waals surface area contributed by atoms with Gasteiger partial charge in [0.25, 0.3) is 0 Å². The molecule has 7 N–H and O–H groups in total. The molecule has 3 amide bonds. The number of anilines is 1. The lowest BCUT2D eigenvalue weighted by Gasteiger charge is -2.28. The number of likely N-dealkylation sites (N-methyl/N-ethyl adjacent to an activating group) is 1. The first kappa shape index (κ1) is 68.2. The fraction of sp³-hybridized carbons (Fsp3) is 0.511. The number of aliphatic hydroxyl groups excluding tert-OH is 1. The first-order chi connectivity index (χ1) is 31.1. The van der Waals surface area contributed by atoms with Crippen molar-refractivity contribution in [3.63, 3.8) is 0 Å². The number of alkyl carbamates (subject to hydrolysis) is 1. The van der Waals surface area contributed by atoms with E-state index in [-0.39, 0.29) is 102 Å². The number of nitrogens with two attached hydrogens (primary N) is 1. The quantitative estimate of drug-likeness (QED) is 0.0352. The molecule has 0 aliphatic carbocycles. The van der Waals surface area contributed by atoms with Crippen LogP contribution in [0.25, 0.3) is 10.8 Å². The Kier molecular flexibility index (Phi) is 36.4. The van der Waals surface area contributed by atoms with Gasteiger partial charge >= 0.3 is 36.1 Å². The zero-order chi connectivity index (χ0) is 49.8. The summed E-state index contributed by atoms with van der Waals surface area (Å²) in [6, 6.07) is 11.2. The van der Waals surface area contributed by atoms with Crippen LogP contribution in [0, 0.1) is 5.82 Å². The number of carboxylic acids is 2. The van der Waals surface area contributed by atoms with Crippen LogP contribution in [0.2, 0.25) is 5.02 Å². The number of carboxylic acid groups (broad SMARTS) is 2. The van der Waals surface area contributed by atoms with Crippen molar-refractivity contribution in [2.75, 3.05) is 39.8 Å². The van der Waals surface area contributed by atoms with E-state index in [0.717, 1.165) is 10.8 Å². The molecule has 0 radical (unpaired) electrons. The van der Waals surface area contributed by atoms with E-state index in [4.69, 9.17) is 42.1 Å². The first-order valence-corrected chi connectivity index (χ1v) is 21.4. The second kappa shape index (κ2) is 36.9. The van der Waals surface area contributed by atoms with Crippen LogP contribution in [0.15, 0.2) is 54.7 Å². The Labute approximate surface area is 428 Å².